The van der Waals surface area contributed by atoms with E-state index in [0.29, 0.717) is 18.6 Å². The molecule has 4 rings (SSSR count). The van der Waals surface area contributed by atoms with Crippen LogP contribution in [0.25, 0.3) is 6.08 Å². The van der Waals surface area contributed by atoms with E-state index in [1.807, 2.05) is 101 Å². The van der Waals surface area contributed by atoms with Crippen LogP contribution in [0.3, 0.4) is 0 Å². The second-order valence-corrected chi connectivity index (χ2v) is 10.8. The minimum atomic E-state index is -1.03. The summed E-state index contributed by atoms with van der Waals surface area (Å²) in [5.74, 6) is -0.734. The Morgan fingerprint density at radius 1 is 1.00 bits per heavy atom. The van der Waals surface area contributed by atoms with Crippen LogP contribution in [-0.4, -0.2) is 60.9 Å². The highest BCUT2D eigenvalue weighted by atomic mass is 16.5. The van der Waals surface area contributed by atoms with E-state index in [1.54, 1.807) is 12.3 Å². The van der Waals surface area contributed by atoms with Crippen LogP contribution < -0.4 is 20.7 Å². The van der Waals surface area contributed by atoms with E-state index in [4.69, 9.17) is 4.74 Å². The third kappa shape index (κ3) is 8.17. The first-order chi connectivity index (χ1) is 18.6. The number of carbonyl (C=O) groups is 3. The zero-order valence-electron chi connectivity index (χ0n) is 23.8. The Hall–Kier alpha value is -3.65. The number of amides is 3. The van der Waals surface area contributed by atoms with Gasteiger partial charge in [0.1, 0.15) is 23.9 Å². The summed E-state index contributed by atoms with van der Waals surface area (Å²) in [4.78, 5) is 42.6. The molecule has 39 heavy (non-hydrogen) atoms. The van der Waals surface area contributed by atoms with Crippen LogP contribution in [0.5, 0.6) is 5.75 Å². The topological polar surface area (TPSA) is 99.8 Å². The Labute approximate surface area is 232 Å². The predicted octanol–water partition coefficient (Wildman–Crippen LogP) is 3.38. The van der Waals surface area contributed by atoms with E-state index in [0.717, 1.165) is 11.1 Å². The lowest BCUT2D eigenvalue weighted by molar-refractivity contribution is -0.136. The molecule has 2 aliphatic heterocycles. The zero-order chi connectivity index (χ0) is 28.5. The van der Waals surface area contributed by atoms with Crippen molar-refractivity contribution in [2.75, 3.05) is 14.1 Å². The van der Waals surface area contributed by atoms with E-state index in [2.05, 4.69) is 16.0 Å². The molecule has 2 aromatic carbocycles. The minimum Gasteiger partial charge on any atom is -0.487 e. The molecule has 0 fully saturated rings. The zero-order valence-corrected chi connectivity index (χ0v) is 23.8. The fourth-order valence-electron chi connectivity index (χ4n) is 4.55. The standard InChI is InChI=1S/C31H42N4O4/c1-7-21(4)26-30(37)32-18-17-22-13-15-24(16-14-22)39-28(20(2)3)27(31(38)33-26)34-29(36)25(35(5)6)19-23-11-9-8-10-12-23/h8-18,20-21,25-28H,7,19H2,1-6H3,(H,32,37)(H,33,38)(H,34,36)/t21-,25-,26-,27+,28?/m0/s1. The van der Waals surface area contributed by atoms with Crippen LogP contribution >= 0.6 is 0 Å². The van der Waals surface area contributed by atoms with Crippen LogP contribution in [0, 0.1) is 11.8 Å². The van der Waals surface area contributed by atoms with E-state index >= 15 is 0 Å². The Bertz CT molecular complexity index is 1130. The summed E-state index contributed by atoms with van der Waals surface area (Å²) in [5, 5.41) is 8.73. The largest absolute Gasteiger partial charge is 0.487 e. The Morgan fingerprint density at radius 3 is 2.26 bits per heavy atom. The molecule has 0 radical (unpaired) electrons. The number of fused-ring (bicyclic) bond motifs is 10. The van der Waals surface area contributed by atoms with Gasteiger partial charge in [0, 0.05) is 6.20 Å². The Morgan fingerprint density at radius 2 is 1.67 bits per heavy atom. The van der Waals surface area contributed by atoms with Crippen molar-refractivity contribution in [3.63, 3.8) is 0 Å². The molecule has 0 aromatic heterocycles. The Kier molecular flexibility index (Phi) is 10.7. The van der Waals surface area contributed by atoms with Gasteiger partial charge in [0.15, 0.2) is 0 Å². The molecule has 3 amide bonds. The highest BCUT2D eigenvalue weighted by Gasteiger charge is 2.38. The third-order valence-corrected chi connectivity index (χ3v) is 7.21. The van der Waals surface area contributed by atoms with E-state index < -0.39 is 30.1 Å². The van der Waals surface area contributed by atoms with Gasteiger partial charge in [-0.25, -0.2) is 0 Å². The highest BCUT2D eigenvalue weighted by Crippen LogP contribution is 2.21. The van der Waals surface area contributed by atoms with Gasteiger partial charge in [0.05, 0.1) is 6.04 Å². The van der Waals surface area contributed by atoms with Crippen molar-refractivity contribution < 1.29 is 19.1 Å². The SMILES string of the molecule is CC[C@H](C)[C@@H]1NC(=O)[C@H](NC(=O)[C@H](Cc2ccccc2)N(C)C)C(C(C)C)Oc2ccc(cc2)C=CNC1=O. The van der Waals surface area contributed by atoms with E-state index in [9.17, 15) is 14.4 Å². The molecule has 0 saturated carbocycles. The third-order valence-electron chi connectivity index (χ3n) is 7.21. The molecular weight excluding hydrogens is 492 g/mol. The number of benzene rings is 2. The molecule has 2 heterocycles. The first-order valence-corrected chi connectivity index (χ1v) is 13.7. The molecule has 2 aliphatic rings. The lowest BCUT2D eigenvalue weighted by Crippen LogP contribution is -2.62. The van der Waals surface area contributed by atoms with Gasteiger partial charge in [-0.05, 0) is 61.7 Å². The molecule has 2 bridgehead atoms. The summed E-state index contributed by atoms with van der Waals surface area (Å²) >= 11 is 0. The number of rotatable bonds is 8. The van der Waals surface area contributed by atoms with Gasteiger partial charge in [-0.1, -0.05) is 76.6 Å². The normalized spacial score (nSPS) is 21.5. The maximum atomic E-state index is 13.9. The number of likely N-dealkylation sites (N-methyl/N-ethyl adjacent to an activating group) is 1. The lowest BCUT2D eigenvalue weighted by Gasteiger charge is -2.34. The Balaban J connectivity index is 1.99. The number of nitrogens with one attached hydrogen (secondary N) is 3. The average molecular weight is 535 g/mol. The van der Waals surface area contributed by atoms with Crippen molar-refractivity contribution in [2.45, 2.75) is 64.8 Å². The van der Waals surface area contributed by atoms with Crippen molar-refractivity contribution in [1.29, 1.82) is 0 Å². The summed E-state index contributed by atoms with van der Waals surface area (Å²) in [5.41, 5.74) is 1.91. The van der Waals surface area contributed by atoms with Crippen molar-refractivity contribution in [3.8, 4) is 5.75 Å². The average Bonchev–Trinajstić information content (AvgIpc) is 2.92. The summed E-state index contributed by atoms with van der Waals surface area (Å²) in [6.45, 7) is 7.78. The van der Waals surface area contributed by atoms with E-state index in [1.165, 1.54) is 0 Å². The minimum absolute atomic E-state index is 0.128. The number of hydrogen-bond donors (Lipinski definition) is 3. The monoisotopic (exact) mass is 534 g/mol. The van der Waals surface area contributed by atoms with Crippen LogP contribution in [-0.2, 0) is 20.8 Å². The molecule has 1 unspecified atom stereocenters. The van der Waals surface area contributed by atoms with Crippen molar-refractivity contribution in [2.24, 2.45) is 11.8 Å². The summed E-state index contributed by atoms with van der Waals surface area (Å²) in [6, 6.07) is 14.8. The first kappa shape index (κ1) is 29.9. The van der Waals surface area contributed by atoms with Gasteiger partial charge < -0.3 is 20.7 Å². The second-order valence-electron chi connectivity index (χ2n) is 10.8. The van der Waals surface area contributed by atoms with Gasteiger partial charge in [-0.3, -0.25) is 19.3 Å². The van der Waals surface area contributed by atoms with Crippen LogP contribution in [0.4, 0.5) is 0 Å². The molecule has 5 atom stereocenters. The van der Waals surface area contributed by atoms with Crippen molar-refractivity contribution >= 4 is 23.8 Å². The fourth-order valence-corrected chi connectivity index (χ4v) is 4.55. The molecule has 0 aliphatic carbocycles. The molecule has 210 valence electrons. The summed E-state index contributed by atoms with van der Waals surface area (Å²) in [7, 11) is 3.69. The summed E-state index contributed by atoms with van der Waals surface area (Å²) in [6.07, 6.45) is 3.85. The van der Waals surface area contributed by atoms with Gasteiger partial charge in [-0.15, -0.1) is 0 Å². The molecule has 3 N–H and O–H groups in total. The van der Waals surface area contributed by atoms with Gasteiger partial charge in [0.2, 0.25) is 17.7 Å². The first-order valence-electron chi connectivity index (χ1n) is 13.7. The molecule has 0 saturated heterocycles. The van der Waals surface area contributed by atoms with E-state index in [-0.39, 0.29) is 23.7 Å². The fraction of sp³-hybridized carbons (Fsp3) is 0.452. The lowest BCUT2D eigenvalue weighted by atomic mass is 9.94. The smallest absolute Gasteiger partial charge is 0.247 e. The van der Waals surface area contributed by atoms with Gasteiger partial charge in [0.25, 0.3) is 0 Å². The van der Waals surface area contributed by atoms with Gasteiger partial charge >= 0.3 is 0 Å². The highest BCUT2D eigenvalue weighted by molar-refractivity contribution is 5.94. The maximum absolute atomic E-state index is 13.9. The quantitative estimate of drug-likeness (QED) is 0.482. The van der Waals surface area contributed by atoms with Gasteiger partial charge in [-0.2, -0.15) is 0 Å². The molecule has 0 spiro atoms. The molecule has 2 aromatic rings. The maximum Gasteiger partial charge on any atom is 0.247 e. The summed E-state index contributed by atoms with van der Waals surface area (Å²) < 4.78 is 6.35. The number of carbonyl (C=O) groups excluding carboxylic acids is 3. The second kappa shape index (κ2) is 13.9. The van der Waals surface area contributed by atoms with Crippen LogP contribution in [0.2, 0.25) is 0 Å². The van der Waals surface area contributed by atoms with Crippen molar-refractivity contribution in [1.82, 2.24) is 20.9 Å². The molecule has 8 heteroatoms. The van der Waals surface area contributed by atoms with Crippen molar-refractivity contribution in [3.05, 3.63) is 71.9 Å². The van der Waals surface area contributed by atoms with Crippen LogP contribution in [0.15, 0.2) is 60.8 Å². The molecule has 8 nitrogen and oxygen atoms in total. The molecular formula is C31H42N4O4. The van der Waals surface area contributed by atoms with Crippen LogP contribution in [0.1, 0.15) is 45.2 Å². The number of nitrogens with zero attached hydrogens (tertiary/aromatic N) is 1. The predicted molar refractivity (Wildman–Crippen MR) is 154 cm³/mol. The number of hydrogen-bond acceptors (Lipinski definition) is 5. The number of ether oxygens (including phenoxy) is 1.